The topological polar surface area (TPSA) is 100 Å². The smallest absolute Gasteiger partial charge is 0.181 e. The fraction of sp³-hybridized carbons (Fsp3) is 0.235. The highest BCUT2D eigenvalue weighted by Crippen LogP contribution is 2.28. The number of benzene rings is 1. The summed E-state index contributed by atoms with van der Waals surface area (Å²) in [4.78, 5) is 8.39. The van der Waals surface area contributed by atoms with Gasteiger partial charge in [0.1, 0.15) is 12.0 Å². The Hall–Kier alpha value is -3.29. The third kappa shape index (κ3) is 3.63. The van der Waals surface area contributed by atoms with Crippen LogP contribution in [0.25, 0.3) is 5.82 Å². The zero-order valence-electron chi connectivity index (χ0n) is 14.1. The molecule has 0 saturated heterocycles. The van der Waals surface area contributed by atoms with Crippen LogP contribution < -0.4 is 20.5 Å². The fourth-order valence-electron chi connectivity index (χ4n) is 2.47. The number of aromatic nitrogens is 4. The molecule has 0 unspecified atom stereocenters. The van der Waals surface area contributed by atoms with Gasteiger partial charge in [-0.05, 0) is 30.2 Å². The molecule has 8 heteroatoms. The SMILES string of the molecule is COc1ccc(CCNc2ncnc(-n3cccn3)c2N)cc1OC. The van der Waals surface area contributed by atoms with E-state index in [1.54, 1.807) is 31.3 Å². The maximum Gasteiger partial charge on any atom is 0.181 e. The zero-order valence-corrected chi connectivity index (χ0v) is 14.1. The molecule has 0 radical (unpaired) electrons. The van der Waals surface area contributed by atoms with Crippen LogP contribution >= 0.6 is 0 Å². The van der Waals surface area contributed by atoms with Crippen molar-refractivity contribution in [1.82, 2.24) is 19.7 Å². The minimum Gasteiger partial charge on any atom is -0.493 e. The lowest BCUT2D eigenvalue weighted by molar-refractivity contribution is 0.354. The molecule has 0 aliphatic carbocycles. The number of nitrogens with one attached hydrogen (secondary N) is 1. The van der Waals surface area contributed by atoms with Crippen LogP contribution in [-0.4, -0.2) is 40.5 Å². The highest BCUT2D eigenvalue weighted by molar-refractivity contribution is 5.68. The normalized spacial score (nSPS) is 10.5. The van der Waals surface area contributed by atoms with Crippen molar-refractivity contribution in [2.75, 3.05) is 31.8 Å². The molecule has 2 heterocycles. The van der Waals surface area contributed by atoms with Crippen molar-refractivity contribution in [3.8, 4) is 17.3 Å². The van der Waals surface area contributed by atoms with E-state index in [1.165, 1.54) is 6.33 Å². The van der Waals surface area contributed by atoms with Crippen molar-refractivity contribution >= 4 is 11.5 Å². The monoisotopic (exact) mass is 340 g/mol. The second-order valence-electron chi connectivity index (χ2n) is 5.28. The van der Waals surface area contributed by atoms with Gasteiger partial charge in [-0.2, -0.15) is 5.10 Å². The van der Waals surface area contributed by atoms with Gasteiger partial charge in [0.2, 0.25) is 0 Å². The molecule has 0 atom stereocenters. The summed E-state index contributed by atoms with van der Waals surface area (Å²) in [5, 5.41) is 7.39. The summed E-state index contributed by atoms with van der Waals surface area (Å²) in [6.45, 7) is 0.662. The standard InChI is InChI=1S/C17H20N6O2/c1-24-13-5-4-12(10-14(13)25-2)6-8-19-16-15(18)17(21-11-20-16)23-9-3-7-22-23/h3-5,7,9-11H,6,8,18H2,1-2H3,(H,19,20,21). The van der Waals surface area contributed by atoms with E-state index >= 15 is 0 Å². The van der Waals surface area contributed by atoms with Crippen LogP contribution in [0.1, 0.15) is 5.56 Å². The summed E-state index contributed by atoms with van der Waals surface area (Å²) in [5.41, 5.74) is 7.73. The minimum atomic E-state index is 0.457. The molecule has 3 N–H and O–H groups in total. The third-order valence-electron chi connectivity index (χ3n) is 3.74. The van der Waals surface area contributed by atoms with E-state index in [0.717, 1.165) is 12.0 Å². The number of rotatable bonds is 7. The molecule has 2 aromatic heterocycles. The summed E-state index contributed by atoms with van der Waals surface area (Å²) in [5.74, 6) is 2.56. The van der Waals surface area contributed by atoms with E-state index in [0.29, 0.717) is 35.4 Å². The second kappa shape index (κ2) is 7.52. The summed E-state index contributed by atoms with van der Waals surface area (Å²) in [6, 6.07) is 7.66. The van der Waals surface area contributed by atoms with E-state index in [9.17, 15) is 0 Å². The first-order valence-electron chi connectivity index (χ1n) is 7.78. The Morgan fingerprint density at radius 2 is 2.00 bits per heavy atom. The molecular formula is C17H20N6O2. The summed E-state index contributed by atoms with van der Waals surface area (Å²) >= 11 is 0. The Kier molecular flexibility index (Phi) is 4.98. The van der Waals surface area contributed by atoms with Crippen LogP contribution in [0.3, 0.4) is 0 Å². The number of ether oxygens (including phenoxy) is 2. The molecular weight excluding hydrogens is 320 g/mol. The van der Waals surface area contributed by atoms with E-state index in [-0.39, 0.29) is 0 Å². The number of hydrogen-bond acceptors (Lipinski definition) is 7. The van der Waals surface area contributed by atoms with E-state index in [2.05, 4.69) is 20.4 Å². The molecule has 0 spiro atoms. The molecule has 0 aliphatic heterocycles. The van der Waals surface area contributed by atoms with Crippen molar-refractivity contribution in [1.29, 1.82) is 0 Å². The maximum absolute atomic E-state index is 6.15. The average Bonchev–Trinajstić information content (AvgIpc) is 3.17. The van der Waals surface area contributed by atoms with Crippen molar-refractivity contribution in [3.05, 3.63) is 48.5 Å². The molecule has 0 aliphatic rings. The lowest BCUT2D eigenvalue weighted by Crippen LogP contribution is -2.12. The van der Waals surface area contributed by atoms with Crippen LogP contribution in [0, 0.1) is 0 Å². The lowest BCUT2D eigenvalue weighted by Gasteiger charge is -2.12. The van der Waals surface area contributed by atoms with Gasteiger partial charge >= 0.3 is 0 Å². The average molecular weight is 340 g/mol. The number of methoxy groups -OCH3 is 2. The van der Waals surface area contributed by atoms with Gasteiger partial charge in [0.05, 0.1) is 14.2 Å². The van der Waals surface area contributed by atoms with Crippen molar-refractivity contribution < 1.29 is 9.47 Å². The van der Waals surface area contributed by atoms with Gasteiger partial charge in [-0.25, -0.2) is 14.6 Å². The van der Waals surface area contributed by atoms with Crippen LogP contribution in [0.15, 0.2) is 43.0 Å². The fourth-order valence-corrected chi connectivity index (χ4v) is 2.47. The number of hydrogen-bond donors (Lipinski definition) is 2. The molecule has 3 aromatic rings. The van der Waals surface area contributed by atoms with Crippen LogP contribution in [-0.2, 0) is 6.42 Å². The third-order valence-corrected chi connectivity index (χ3v) is 3.74. The van der Waals surface area contributed by atoms with Gasteiger partial charge in [0.25, 0.3) is 0 Å². The van der Waals surface area contributed by atoms with E-state index in [1.807, 2.05) is 24.3 Å². The number of anilines is 2. The molecule has 3 rings (SSSR count). The molecule has 8 nitrogen and oxygen atoms in total. The Balaban J connectivity index is 1.68. The van der Waals surface area contributed by atoms with E-state index in [4.69, 9.17) is 15.2 Å². The predicted octanol–water partition coefficient (Wildman–Crippen LogP) is 1.92. The predicted molar refractivity (Wildman–Crippen MR) is 95.3 cm³/mol. The largest absolute Gasteiger partial charge is 0.493 e. The van der Waals surface area contributed by atoms with Gasteiger partial charge in [0, 0.05) is 18.9 Å². The molecule has 0 amide bonds. The van der Waals surface area contributed by atoms with Crippen LogP contribution in [0.2, 0.25) is 0 Å². The van der Waals surface area contributed by atoms with Gasteiger partial charge in [-0.3, -0.25) is 0 Å². The first-order chi connectivity index (χ1) is 12.2. The molecule has 1 aromatic carbocycles. The first-order valence-corrected chi connectivity index (χ1v) is 7.78. The van der Waals surface area contributed by atoms with E-state index < -0.39 is 0 Å². The zero-order chi connectivity index (χ0) is 17.6. The number of nitrogens with zero attached hydrogens (tertiary/aromatic N) is 4. The molecule has 25 heavy (non-hydrogen) atoms. The molecule has 0 fully saturated rings. The minimum absolute atomic E-state index is 0.457. The highest BCUT2D eigenvalue weighted by atomic mass is 16.5. The van der Waals surface area contributed by atoms with Crippen LogP contribution in [0.4, 0.5) is 11.5 Å². The Bertz CT molecular complexity index is 835. The molecule has 130 valence electrons. The van der Waals surface area contributed by atoms with Gasteiger partial charge in [-0.1, -0.05) is 6.07 Å². The summed E-state index contributed by atoms with van der Waals surface area (Å²) < 4.78 is 12.2. The quantitative estimate of drug-likeness (QED) is 0.677. The Morgan fingerprint density at radius 3 is 2.72 bits per heavy atom. The second-order valence-corrected chi connectivity index (χ2v) is 5.28. The van der Waals surface area contributed by atoms with Gasteiger partial charge < -0.3 is 20.5 Å². The Morgan fingerprint density at radius 1 is 1.16 bits per heavy atom. The number of nitrogens with two attached hydrogens (primary N) is 1. The highest BCUT2D eigenvalue weighted by Gasteiger charge is 2.10. The van der Waals surface area contributed by atoms with Crippen molar-refractivity contribution in [3.63, 3.8) is 0 Å². The molecule has 0 bridgehead atoms. The first kappa shape index (κ1) is 16.6. The van der Waals surface area contributed by atoms with Crippen molar-refractivity contribution in [2.24, 2.45) is 0 Å². The lowest BCUT2D eigenvalue weighted by atomic mass is 10.1. The molecule has 0 saturated carbocycles. The summed E-state index contributed by atoms with van der Waals surface area (Å²) in [6.07, 6.45) is 5.70. The van der Waals surface area contributed by atoms with Crippen LogP contribution in [0.5, 0.6) is 11.5 Å². The van der Waals surface area contributed by atoms with Gasteiger partial charge in [-0.15, -0.1) is 0 Å². The summed E-state index contributed by atoms with van der Waals surface area (Å²) in [7, 11) is 3.24. The maximum atomic E-state index is 6.15. The van der Waals surface area contributed by atoms with Gasteiger partial charge in [0.15, 0.2) is 23.1 Å². The van der Waals surface area contributed by atoms with Crippen molar-refractivity contribution in [2.45, 2.75) is 6.42 Å². The Labute approximate surface area is 145 Å². The number of nitrogen functional groups attached to an aromatic ring is 1.